The molecule has 0 bridgehead atoms. The van der Waals surface area contributed by atoms with E-state index < -0.39 is 0 Å². The van der Waals surface area contributed by atoms with Gasteiger partial charge in [-0.05, 0) is 18.6 Å². The van der Waals surface area contributed by atoms with Gasteiger partial charge < -0.3 is 20.7 Å². The third-order valence-electron chi connectivity index (χ3n) is 2.93. The van der Waals surface area contributed by atoms with Crippen molar-refractivity contribution >= 4 is 28.8 Å². The highest BCUT2D eigenvalue weighted by Gasteiger charge is 2.11. The Kier molecular flexibility index (Phi) is 8.38. The number of hydrogen-bond acceptors (Lipinski definition) is 4. The zero-order valence-electron chi connectivity index (χ0n) is 12.4. The van der Waals surface area contributed by atoms with Gasteiger partial charge >= 0.3 is 0 Å². The van der Waals surface area contributed by atoms with Crippen molar-refractivity contribution < 1.29 is 9.53 Å². The predicted octanol–water partition coefficient (Wildman–Crippen LogP) is 1.32. The Labute approximate surface area is 131 Å². The van der Waals surface area contributed by atoms with Gasteiger partial charge in [0.25, 0.3) is 0 Å². The SMILES string of the molecule is COCCCNC(=O)CN(CCC(N)=S)c1ccccc1. The Balaban J connectivity index is 2.52. The Morgan fingerprint density at radius 3 is 2.71 bits per heavy atom. The number of nitrogens with two attached hydrogens (primary N) is 1. The molecule has 0 fully saturated rings. The number of carbonyl (C=O) groups is 1. The summed E-state index contributed by atoms with van der Waals surface area (Å²) < 4.78 is 4.95. The number of anilines is 1. The van der Waals surface area contributed by atoms with Crippen LogP contribution in [0.25, 0.3) is 0 Å². The monoisotopic (exact) mass is 309 g/mol. The first kappa shape index (κ1) is 17.4. The number of para-hydroxylation sites is 1. The average Bonchev–Trinajstić information content (AvgIpc) is 2.48. The molecule has 5 nitrogen and oxygen atoms in total. The molecule has 1 amide bonds. The summed E-state index contributed by atoms with van der Waals surface area (Å²) in [5, 5.41) is 2.88. The lowest BCUT2D eigenvalue weighted by molar-refractivity contribution is -0.119. The van der Waals surface area contributed by atoms with Gasteiger partial charge in [-0.25, -0.2) is 0 Å². The van der Waals surface area contributed by atoms with Crippen LogP contribution in [0.15, 0.2) is 30.3 Å². The van der Waals surface area contributed by atoms with Crippen LogP contribution in [0.5, 0.6) is 0 Å². The number of ether oxygens (including phenoxy) is 1. The number of rotatable bonds is 10. The van der Waals surface area contributed by atoms with Gasteiger partial charge in [-0.3, -0.25) is 4.79 Å². The Hall–Kier alpha value is -1.66. The first-order chi connectivity index (χ1) is 10.1. The van der Waals surface area contributed by atoms with Crippen molar-refractivity contribution in [2.75, 3.05) is 38.3 Å². The summed E-state index contributed by atoms with van der Waals surface area (Å²) in [5.74, 6) is -0.0158. The van der Waals surface area contributed by atoms with Crippen molar-refractivity contribution in [1.82, 2.24) is 5.32 Å². The largest absolute Gasteiger partial charge is 0.393 e. The molecule has 0 aliphatic heterocycles. The molecular weight excluding hydrogens is 286 g/mol. The van der Waals surface area contributed by atoms with Gasteiger partial charge in [0, 0.05) is 38.9 Å². The van der Waals surface area contributed by atoms with E-state index in [9.17, 15) is 4.79 Å². The summed E-state index contributed by atoms with van der Waals surface area (Å²) >= 11 is 4.91. The number of methoxy groups -OCH3 is 1. The Morgan fingerprint density at radius 2 is 2.10 bits per heavy atom. The smallest absolute Gasteiger partial charge is 0.239 e. The second kappa shape index (κ2) is 10.1. The summed E-state index contributed by atoms with van der Waals surface area (Å²) in [4.78, 5) is 14.4. The molecule has 6 heteroatoms. The van der Waals surface area contributed by atoms with Gasteiger partial charge in [-0.1, -0.05) is 30.4 Å². The average molecular weight is 309 g/mol. The Bertz CT molecular complexity index is 440. The van der Waals surface area contributed by atoms with E-state index in [0.717, 1.165) is 12.1 Å². The molecule has 1 aromatic rings. The van der Waals surface area contributed by atoms with Crippen LogP contribution in [0.4, 0.5) is 5.69 Å². The minimum absolute atomic E-state index is 0.0158. The van der Waals surface area contributed by atoms with Gasteiger partial charge in [0.1, 0.15) is 0 Å². The molecule has 0 atom stereocenters. The van der Waals surface area contributed by atoms with E-state index in [0.29, 0.717) is 37.7 Å². The van der Waals surface area contributed by atoms with Gasteiger partial charge in [0.15, 0.2) is 0 Å². The Morgan fingerprint density at radius 1 is 1.38 bits per heavy atom. The van der Waals surface area contributed by atoms with Crippen LogP contribution >= 0.6 is 12.2 Å². The molecular formula is C15H23N3O2S. The maximum atomic E-state index is 12.0. The van der Waals surface area contributed by atoms with Crippen molar-refractivity contribution in [3.05, 3.63) is 30.3 Å². The zero-order valence-corrected chi connectivity index (χ0v) is 13.2. The van der Waals surface area contributed by atoms with Crippen LogP contribution in [-0.2, 0) is 9.53 Å². The lowest BCUT2D eigenvalue weighted by Gasteiger charge is -2.24. The second-order valence-corrected chi connectivity index (χ2v) is 5.19. The fraction of sp³-hybridized carbons (Fsp3) is 0.467. The summed E-state index contributed by atoms with van der Waals surface area (Å²) in [5.41, 5.74) is 6.54. The molecule has 116 valence electrons. The molecule has 21 heavy (non-hydrogen) atoms. The molecule has 1 rings (SSSR count). The van der Waals surface area contributed by atoms with E-state index in [1.807, 2.05) is 35.2 Å². The van der Waals surface area contributed by atoms with Gasteiger partial charge in [-0.15, -0.1) is 0 Å². The number of hydrogen-bond donors (Lipinski definition) is 2. The van der Waals surface area contributed by atoms with E-state index in [-0.39, 0.29) is 5.91 Å². The van der Waals surface area contributed by atoms with Gasteiger partial charge in [0.05, 0.1) is 11.5 Å². The molecule has 0 spiro atoms. The first-order valence-corrected chi connectivity index (χ1v) is 7.38. The van der Waals surface area contributed by atoms with Gasteiger partial charge in [-0.2, -0.15) is 0 Å². The normalized spacial score (nSPS) is 10.1. The maximum Gasteiger partial charge on any atom is 0.239 e. The topological polar surface area (TPSA) is 67.6 Å². The van der Waals surface area contributed by atoms with Crippen molar-refractivity contribution in [2.24, 2.45) is 5.73 Å². The van der Waals surface area contributed by atoms with Crippen molar-refractivity contribution in [3.8, 4) is 0 Å². The molecule has 0 heterocycles. The number of nitrogens with zero attached hydrogens (tertiary/aromatic N) is 1. The lowest BCUT2D eigenvalue weighted by Crippen LogP contribution is -2.39. The first-order valence-electron chi connectivity index (χ1n) is 6.97. The van der Waals surface area contributed by atoms with Crippen molar-refractivity contribution in [3.63, 3.8) is 0 Å². The highest BCUT2D eigenvalue weighted by Crippen LogP contribution is 2.13. The van der Waals surface area contributed by atoms with Crippen molar-refractivity contribution in [1.29, 1.82) is 0 Å². The van der Waals surface area contributed by atoms with Gasteiger partial charge in [0.2, 0.25) is 5.91 Å². The number of benzene rings is 1. The molecule has 0 aromatic heterocycles. The standard InChI is InChI=1S/C15H23N3O2S/c1-20-11-5-9-17-15(19)12-18(10-8-14(16)21)13-6-3-2-4-7-13/h2-4,6-7H,5,8-12H2,1H3,(H2,16,21)(H,17,19). The summed E-state index contributed by atoms with van der Waals surface area (Å²) in [6.45, 7) is 2.18. The number of amides is 1. The predicted molar refractivity (Wildman–Crippen MR) is 89.6 cm³/mol. The number of thiocarbonyl (C=S) groups is 1. The molecule has 0 saturated heterocycles. The second-order valence-electron chi connectivity index (χ2n) is 4.67. The molecule has 3 N–H and O–H groups in total. The lowest BCUT2D eigenvalue weighted by atomic mass is 10.2. The molecule has 0 saturated carbocycles. The van der Waals surface area contributed by atoms with Crippen LogP contribution in [0.3, 0.4) is 0 Å². The van der Waals surface area contributed by atoms with E-state index in [2.05, 4.69) is 5.32 Å². The van der Waals surface area contributed by atoms with Crippen LogP contribution in [0.1, 0.15) is 12.8 Å². The van der Waals surface area contributed by atoms with Crippen LogP contribution < -0.4 is 16.0 Å². The minimum Gasteiger partial charge on any atom is -0.393 e. The quantitative estimate of drug-likeness (QED) is 0.504. The molecule has 0 aliphatic rings. The van der Waals surface area contributed by atoms with E-state index in [1.54, 1.807) is 7.11 Å². The number of carbonyl (C=O) groups excluding carboxylic acids is 1. The molecule has 0 aliphatic carbocycles. The summed E-state index contributed by atoms with van der Waals surface area (Å²) in [6, 6.07) is 9.77. The summed E-state index contributed by atoms with van der Waals surface area (Å²) in [7, 11) is 1.65. The third-order valence-corrected chi connectivity index (χ3v) is 3.14. The van der Waals surface area contributed by atoms with E-state index >= 15 is 0 Å². The molecule has 0 radical (unpaired) electrons. The van der Waals surface area contributed by atoms with E-state index in [4.69, 9.17) is 22.7 Å². The fourth-order valence-electron chi connectivity index (χ4n) is 1.86. The maximum absolute atomic E-state index is 12.0. The number of nitrogens with one attached hydrogen (secondary N) is 1. The van der Waals surface area contributed by atoms with Crippen LogP contribution in [0.2, 0.25) is 0 Å². The highest BCUT2D eigenvalue weighted by atomic mass is 32.1. The highest BCUT2D eigenvalue weighted by molar-refractivity contribution is 7.80. The van der Waals surface area contributed by atoms with E-state index in [1.165, 1.54) is 0 Å². The molecule has 1 aromatic carbocycles. The van der Waals surface area contributed by atoms with Crippen LogP contribution in [0, 0.1) is 0 Å². The summed E-state index contributed by atoms with van der Waals surface area (Å²) in [6.07, 6.45) is 1.39. The van der Waals surface area contributed by atoms with Crippen LogP contribution in [-0.4, -0.2) is 44.2 Å². The minimum atomic E-state index is -0.0158. The van der Waals surface area contributed by atoms with Crippen molar-refractivity contribution in [2.45, 2.75) is 12.8 Å². The third kappa shape index (κ3) is 7.63. The fourth-order valence-corrected chi connectivity index (χ4v) is 1.95. The zero-order chi connectivity index (χ0) is 15.5. The molecule has 0 unspecified atom stereocenters.